The molecule has 2 fully saturated rings. The molecule has 0 spiro atoms. The molecule has 120 valence electrons. The van der Waals surface area contributed by atoms with E-state index in [0.29, 0.717) is 6.61 Å². The van der Waals surface area contributed by atoms with Crippen LogP contribution in [0, 0.1) is 5.92 Å². The Bertz CT molecular complexity index is 514. The number of ether oxygens (including phenoxy) is 2. The van der Waals surface area contributed by atoms with E-state index < -0.39 is 0 Å². The van der Waals surface area contributed by atoms with Crippen LogP contribution in [-0.2, 0) is 9.53 Å². The van der Waals surface area contributed by atoms with Gasteiger partial charge in [-0.3, -0.25) is 4.79 Å². The molecule has 22 heavy (non-hydrogen) atoms. The SMILES string of the molecule is NC1CCC(C(=O)Nc2cccc(OCC3CCCO3)c2)C1. The molecular formula is C17H24N2O3. The number of benzene rings is 1. The Morgan fingerprint density at radius 1 is 1.36 bits per heavy atom. The number of nitrogens with one attached hydrogen (secondary N) is 1. The van der Waals surface area contributed by atoms with Crippen LogP contribution in [0.4, 0.5) is 5.69 Å². The van der Waals surface area contributed by atoms with E-state index in [-0.39, 0.29) is 24.0 Å². The molecule has 3 N–H and O–H groups in total. The Kier molecular flexibility index (Phi) is 4.95. The molecule has 1 saturated heterocycles. The number of amides is 1. The highest BCUT2D eigenvalue weighted by Gasteiger charge is 2.27. The molecule has 1 aromatic carbocycles. The fraction of sp³-hybridized carbons (Fsp3) is 0.588. The lowest BCUT2D eigenvalue weighted by atomic mass is 10.1. The second-order valence-corrected chi connectivity index (χ2v) is 6.23. The van der Waals surface area contributed by atoms with Crippen molar-refractivity contribution < 1.29 is 14.3 Å². The molecule has 1 saturated carbocycles. The van der Waals surface area contributed by atoms with Crippen molar-refractivity contribution in [1.82, 2.24) is 0 Å². The molecule has 5 heteroatoms. The third kappa shape index (κ3) is 3.99. The van der Waals surface area contributed by atoms with Crippen molar-refractivity contribution in [2.45, 2.75) is 44.2 Å². The minimum atomic E-state index is 0.0338. The van der Waals surface area contributed by atoms with Crippen LogP contribution in [0.2, 0.25) is 0 Å². The first-order chi connectivity index (χ1) is 10.7. The summed E-state index contributed by atoms with van der Waals surface area (Å²) in [6.07, 6.45) is 4.94. The molecule has 1 aromatic rings. The maximum absolute atomic E-state index is 12.2. The lowest BCUT2D eigenvalue weighted by Crippen LogP contribution is -2.23. The second-order valence-electron chi connectivity index (χ2n) is 6.23. The van der Waals surface area contributed by atoms with Crippen molar-refractivity contribution in [2.75, 3.05) is 18.5 Å². The van der Waals surface area contributed by atoms with Crippen LogP contribution in [0.25, 0.3) is 0 Å². The standard InChI is InChI=1S/C17H24N2O3/c18-13-7-6-12(9-13)17(20)19-14-3-1-4-15(10-14)22-11-16-5-2-8-21-16/h1,3-4,10,12-13,16H,2,5-9,11,18H2,(H,19,20). The number of carbonyl (C=O) groups is 1. The third-order valence-corrected chi connectivity index (χ3v) is 4.41. The number of rotatable bonds is 5. The molecule has 1 heterocycles. The summed E-state index contributed by atoms with van der Waals surface area (Å²) in [5.41, 5.74) is 6.64. The van der Waals surface area contributed by atoms with Gasteiger partial charge in [-0.05, 0) is 44.2 Å². The van der Waals surface area contributed by atoms with E-state index in [1.54, 1.807) is 0 Å². The van der Waals surface area contributed by atoms with E-state index in [9.17, 15) is 4.79 Å². The molecule has 1 aliphatic carbocycles. The minimum absolute atomic E-state index is 0.0338. The zero-order chi connectivity index (χ0) is 15.4. The summed E-state index contributed by atoms with van der Waals surface area (Å²) in [6, 6.07) is 7.70. The summed E-state index contributed by atoms with van der Waals surface area (Å²) in [5, 5.41) is 2.97. The molecule has 3 atom stereocenters. The third-order valence-electron chi connectivity index (χ3n) is 4.41. The molecule has 5 nitrogen and oxygen atoms in total. The Hall–Kier alpha value is -1.59. The van der Waals surface area contributed by atoms with Gasteiger partial charge in [0.15, 0.2) is 0 Å². The van der Waals surface area contributed by atoms with Crippen LogP contribution in [0.15, 0.2) is 24.3 Å². The number of hydrogen-bond acceptors (Lipinski definition) is 4. The van der Waals surface area contributed by atoms with Crippen LogP contribution >= 0.6 is 0 Å². The van der Waals surface area contributed by atoms with Crippen LogP contribution < -0.4 is 15.8 Å². The topological polar surface area (TPSA) is 73.6 Å². The van der Waals surface area contributed by atoms with Gasteiger partial charge in [0.1, 0.15) is 12.4 Å². The van der Waals surface area contributed by atoms with Gasteiger partial charge in [-0.1, -0.05) is 6.07 Å². The largest absolute Gasteiger partial charge is 0.491 e. The van der Waals surface area contributed by atoms with E-state index in [1.165, 1.54) is 0 Å². The van der Waals surface area contributed by atoms with Crippen LogP contribution in [0.1, 0.15) is 32.1 Å². The van der Waals surface area contributed by atoms with Gasteiger partial charge in [-0.2, -0.15) is 0 Å². The van der Waals surface area contributed by atoms with Gasteiger partial charge < -0.3 is 20.5 Å². The molecule has 1 amide bonds. The monoisotopic (exact) mass is 304 g/mol. The first-order valence-corrected chi connectivity index (χ1v) is 8.11. The normalized spacial score (nSPS) is 27.8. The molecule has 3 rings (SSSR count). The van der Waals surface area contributed by atoms with Gasteiger partial charge in [0.05, 0.1) is 6.10 Å². The fourth-order valence-electron chi connectivity index (χ4n) is 3.13. The summed E-state index contributed by atoms with van der Waals surface area (Å²) in [4.78, 5) is 12.2. The van der Waals surface area contributed by atoms with E-state index in [2.05, 4.69) is 5.32 Å². The van der Waals surface area contributed by atoms with Crippen molar-refractivity contribution in [3.05, 3.63) is 24.3 Å². The average Bonchev–Trinajstić information content (AvgIpc) is 3.17. The number of hydrogen-bond donors (Lipinski definition) is 2. The Morgan fingerprint density at radius 3 is 3.00 bits per heavy atom. The molecule has 2 aliphatic rings. The summed E-state index contributed by atoms with van der Waals surface area (Å²) >= 11 is 0. The van der Waals surface area contributed by atoms with Crippen molar-refractivity contribution in [2.24, 2.45) is 11.7 Å². The predicted molar refractivity (Wildman–Crippen MR) is 84.9 cm³/mol. The van der Waals surface area contributed by atoms with Crippen LogP contribution in [0.3, 0.4) is 0 Å². The maximum Gasteiger partial charge on any atom is 0.227 e. The highest BCUT2D eigenvalue weighted by molar-refractivity contribution is 5.92. The van der Waals surface area contributed by atoms with Crippen molar-refractivity contribution in [3.8, 4) is 5.75 Å². The lowest BCUT2D eigenvalue weighted by molar-refractivity contribution is -0.119. The fourth-order valence-corrected chi connectivity index (χ4v) is 3.13. The van der Waals surface area contributed by atoms with Gasteiger partial charge in [0, 0.05) is 30.3 Å². The summed E-state index contributed by atoms with van der Waals surface area (Å²) < 4.78 is 11.3. The summed E-state index contributed by atoms with van der Waals surface area (Å²) in [7, 11) is 0. The Morgan fingerprint density at radius 2 is 2.27 bits per heavy atom. The van der Waals surface area contributed by atoms with Crippen LogP contribution in [-0.4, -0.2) is 31.3 Å². The zero-order valence-electron chi connectivity index (χ0n) is 12.8. The van der Waals surface area contributed by atoms with Gasteiger partial charge >= 0.3 is 0 Å². The zero-order valence-corrected chi connectivity index (χ0v) is 12.8. The Balaban J connectivity index is 1.53. The summed E-state index contributed by atoms with van der Waals surface area (Å²) in [6.45, 7) is 1.39. The quantitative estimate of drug-likeness (QED) is 0.875. The first kappa shape index (κ1) is 15.3. The highest BCUT2D eigenvalue weighted by Crippen LogP contribution is 2.26. The van der Waals surface area contributed by atoms with Gasteiger partial charge in [-0.15, -0.1) is 0 Å². The van der Waals surface area contributed by atoms with Crippen molar-refractivity contribution >= 4 is 11.6 Å². The van der Waals surface area contributed by atoms with E-state index in [4.69, 9.17) is 15.2 Å². The smallest absolute Gasteiger partial charge is 0.227 e. The van der Waals surface area contributed by atoms with Crippen molar-refractivity contribution in [3.63, 3.8) is 0 Å². The van der Waals surface area contributed by atoms with E-state index in [1.807, 2.05) is 24.3 Å². The molecule has 0 aromatic heterocycles. The van der Waals surface area contributed by atoms with Gasteiger partial charge in [-0.25, -0.2) is 0 Å². The molecule has 0 bridgehead atoms. The summed E-state index contributed by atoms with van der Waals surface area (Å²) in [5.74, 6) is 0.854. The van der Waals surface area contributed by atoms with E-state index >= 15 is 0 Å². The molecule has 1 aliphatic heterocycles. The number of nitrogens with two attached hydrogens (primary N) is 1. The maximum atomic E-state index is 12.2. The molecule has 0 radical (unpaired) electrons. The number of anilines is 1. The van der Waals surface area contributed by atoms with Crippen LogP contribution in [0.5, 0.6) is 5.75 Å². The lowest BCUT2D eigenvalue weighted by Gasteiger charge is -2.14. The number of carbonyl (C=O) groups excluding carboxylic acids is 1. The minimum Gasteiger partial charge on any atom is -0.491 e. The predicted octanol–water partition coefficient (Wildman–Crippen LogP) is 2.31. The van der Waals surface area contributed by atoms with E-state index in [0.717, 1.165) is 50.1 Å². The average molecular weight is 304 g/mol. The van der Waals surface area contributed by atoms with Gasteiger partial charge in [0.25, 0.3) is 0 Å². The molecule has 3 unspecified atom stereocenters. The molecular weight excluding hydrogens is 280 g/mol. The second kappa shape index (κ2) is 7.11. The highest BCUT2D eigenvalue weighted by atomic mass is 16.5. The van der Waals surface area contributed by atoms with Gasteiger partial charge in [0.2, 0.25) is 5.91 Å². The first-order valence-electron chi connectivity index (χ1n) is 8.11. The Labute approximate surface area is 131 Å². The van der Waals surface area contributed by atoms with Crippen molar-refractivity contribution in [1.29, 1.82) is 0 Å².